The van der Waals surface area contributed by atoms with Crippen LogP contribution in [0.1, 0.15) is 43.6 Å². The van der Waals surface area contributed by atoms with Crippen LogP contribution in [0.25, 0.3) is 0 Å². The zero-order chi connectivity index (χ0) is 28.9. The predicted octanol–water partition coefficient (Wildman–Crippen LogP) is 5.27. The second-order valence-electron chi connectivity index (χ2n) is 8.70. The van der Waals surface area contributed by atoms with Gasteiger partial charge in [0.25, 0.3) is 5.91 Å². The van der Waals surface area contributed by atoms with Crippen LogP contribution in [0.15, 0.2) is 47.4 Å². The highest BCUT2D eigenvalue weighted by atomic mass is 35.5. The van der Waals surface area contributed by atoms with Crippen LogP contribution in [0.5, 0.6) is 11.5 Å². The summed E-state index contributed by atoms with van der Waals surface area (Å²) in [5, 5.41) is 3.17. The molecule has 2 heterocycles. The molecule has 1 amide bonds. The van der Waals surface area contributed by atoms with E-state index in [-0.39, 0.29) is 54.3 Å². The molecule has 40 heavy (non-hydrogen) atoms. The topological polar surface area (TPSA) is 111 Å². The number of carbonyl (C=O) groups is 2. The molecule has 0 radical (unpaired) electrons. The molecule has 4 rings (SSSR count). The Morgan fingerprint density at radius 1 is 1.05 bits per heavy atom. The number of hydrogen-bond acceptors (Lipinski definition) is 8. The lowest BCUT2D eigenvalue weighted by atomic mass is 10.1. The van der Waals surface area contributed by atoms with Gasteiger partial charge in [-0.3, -0.25) is 4.79 Å². The Morgan fingerprint density at radius 3 is 2.38 bits per heavy atom. The van der Waals surface area contributed by atoms with Crippen LogP contribution >= 0.6 is 34.5 Å². The third-order valence-corrected chi connectivity index (χ3v) is 9.63. The Hall–Kier alpha value is -2.83. The van der Waals surface area contributed by atoms with Crippen LogP contribution in [-0.4, -0.2) is 62.8 Å². The van der Waals surface area contributed by atoms with Crippen molar-refractivity contribution in [1.82, 2.24) is 4.31 Å². The molecule has 0 unspecified atom stereocenters. The molecular weight excluding hydrogens is 599 g/mol. The van der Waals surface area contributed by atoms with Crippen molar-refractivity contribution in [3.8, 4) is 11.5 Å². The van der Waals surface area contributed by atoms with E-state index < -0.39 is 21.9 Å². The number of benzene rings is 2. The van der Waals surface area contributed by atoms with E-state index >= 15 is 0 Å². The van der Waals surface area contributed by atoms with Crippen LogP contribution in [0, 0.1) is 6.92 Å². The molecule has 0 atom stereocenters. The molecule has 0 aliphatic carbocycles. The van der Waals surface area contributed by atoms with Gasteiger partial charge in [0.05, 0.1) is 17.1 Å². The first kappa shape index (κ1) is 30.1. The Balaban J connectivity index is 1.58. The summed E-state index contributed by atoms with van der Waals surface area (Å²) in [7, 11) is -3.83. The molecule has 1 aliphatic rings. The van der Waals surface area contributed by atoms with E-state index in [1.54, 1.807) is 6.92 Å². The number of anilines is 1. The van der Waals surface area contributed by atoms with Gasteiger partial charge in [-0.15, -0.1) is 34.5 Å². The van der Waals surface area contributed by atoms with Crippen LogP contribution in [0.4, 0.5) is 5.00 Å². The Labute approximate surface area is 247 Å². The van der Waals surface area contributed by atoms with E-state index in [2.05, 4.69) is 5.32 Å². The maximum Gasteiger partial charge on any atom is 0.341 e. The quantitative estimate of drug-likeness (QED) is 0.215. The first-order chi connectivity index (χ1) is 19.2. The van der Waals surface area contributed by atoms with Gasteiger partial charge < -0.3 is 19.5 Å². The highest BCUT2D eigenvalue weighted by Crippen LogP contribution is 2.38. The number of halogens is 2. The van der Waals surface area contributed by atoms with E-state index in [0.29, 0.717) is 28.5 Å². The number of hydrogen-bond donors (Lipinski definition) is 1. The summed E-state index contributed by atoms with van der Waals surface area (Å²) in [6.45, 7) is 4.10. The summed E-state index contributed by atoms with van der Waals surface area (Å²) in [4.78, 5) is 26.9. The lowest BCUT2D eigenvalue weighted by molar-refractivity contribution is 0.0527. The summed E-state index contributed by atoms with van der Waals surface area (Å²) in [6, 6.07) is 11.2. The molecule has 214 valence electrons. The van der Waals surface area contributed by atoms with E-state index in [4.69, 9.17) is 37.4 Å². The number of carbonyl (C=O) groups excluding carboxylic acids is 2. The molecule has 0 saturated heterocycles. The number of sulfonamides is 1. The third-order valence-electron chi connectivity index (χ3n) is 6.18. The van der Waals surface area contributed by atoms with Crippen LogP contribution in [-0.2, 0) is 21.2 Å². The largest absolute Gasteiger partial charge is 0.462 e. The van der Waals surface area contributed by atoms with Crippen molar-refractivity contribution in [2.24, 2.45) is 0 Å². The molecule has 3 aromatic rings. The number of thiophene rings is 1. The molecule has 1 N–H and O–H groups in total. The first-order valence-electron chi connectivity index (χ1n) is 12.4. The van der Waals surface area contributed by atoms with Crippen LogP contribution < -0.4 is 14.8 Å². The minimum absolute atomic E-state index is 0.0180. The highest BCUT2D eigenvalue weighted by molar-refractivity contribution is 7.89. The number of nitrogens with zero attached hydrogens (tertiary/aromatic N) is 1. The van der Waals surface area contributed by atoms with Crippen molar-refractivity contribution in [1.29, 1.82) is 0 Å². The zero-order valence-electron chi connectivity index (χ0n) is 21.9. The fourth-order valence-electron chi connectivity index (χ4n) is 4.15. The SMILES string of the molecule is CCOC(=O)c1c(NC(=O)c2ccc(S(=O)(=O)N(CCCl)CCCl)cc2)sc(Cc2ccc3c(c2)OCO3)c1C. The maximum absolute atomic E-state index is 13.2. The predicted molar refractivity (Wildman–Crippen MR) is 155 cm³/mol. The molecule has 2 aromatic carbocycles. The molecule has 0 fully saturated rings. The second kappa shape index (κ2) is 13.2. The van der Waals surface area contributed by atoms with Crippen molar-refractivity contribution in [2.45, 2.75) is 25.2 Å². The molecule has 0 saturated carbocycles. The summed E-state index contributed by atoms with van der Waals surface area (Å²) in [6.07, 6.45) is 0.503. The fourth-order valence-corrected chi connectivity index (χ4v) is 7.42. The van der Waals surface area contributed by atoms with Crippen molar-refractivity contribution in [3.05, 3.63) is 69.6 Å². The summed E-state index contributed by atoms with van der Waals surface area (Å²) < 4.78 is 43.2. The number of amides is 1. The van der Waals surface area contributed by atoms with Gasteiger partial charge in [-0.2, -0.15) is 4.31 Å². The monoisotopic (exact) mass is 626 g/mol. The van der Waals surface area contributed by atoms with E-state index in [1.165, 1.54) is 39.9 Å². The zero-order valence-corrected chi connectivity index (χ0v) is 25.0. The number of fused-ring (bicyclic) bond motifs is 1. The summed E-state index contributed by atoms with van der Waals surface area (Å²) in [5.41, 5.74) is 2.17. The molecule has 13 heteroatoms. The van der Waals surface area contributed by atoms with Gasteiger partial charge in [0.15, 0.2) is 11.5 Å². The molecule has 1 aromatic heterocycles. The molecule has 9 nitrogen and oxygen atoms in total. The summed E-state index contributed by atoms with van der Waals surface area (Å²) >= 11 is 12.8. The van der Waals surface area contributed by atoms with Crippen molar-refractivity contribution in [3.63, 3.8) is 0 Å². The van der Waals surface area contributed by atoms with E-state index in [9.17, 15) is 18.0 Å². The van der Waals surface area contributed by atoms with Gasteiger partial charge in [0, 0.05) is 41.7 Å². The number of ether oxygens (including phenoxy) is 3. The number of nitrogens with one attached hydrogen (secondary N) is 1. The first-order valence-corrected chi connectivity index (χ1v) is 15.7. The number of rotatable bonds is 12. The average Bonchev–Trinajstić information content (AvgIpc) is 3.52. The van der Waals surface area contributed by atoms with Crippen LogP contribution in [0.3, 0.4) is 0 Å². The Bertz CT molecular complexity index is 1490. The summed E-state index contributed by atoms with van der Waals surface area (Å²) in [5.74, 6) is 0.542. The minimum Gasteiger partial charge on any atom is -0.462 e. The van der Waals surface area contributed by atoms with Crippen LogP contribution in [0.2, 0.25) is 0 Å². The van der Waals surface area contributed by atoms with Crippen molar-refractivity contribution >= 4 is 61.4 Å². The second-order valence-corrected chi connectivity index (χ2v) is 12.5. The van der Waals surface area contributed by atoms with E-state index in [0.717, 1.165) is 10.4 Å². The van der Waals surface area contributed by atoms with Gasteiger partial charge in [-0.05, 0) is 61.4 Å². The van der Waals surface area contributed by atoms with Crippen molar-refractivity contribution in [2.75, 3.05) is 43.6 Å². The van der Waals surface area contributed by atoms with Crippen molar-refractivity contribution < 1.29 is 32.2 Å². The maximum atomic E-state index is 13.2. The lowest BCUT2D eigenvalue weighted by Gasteiger charge is -2.20. The lowest BCUT2D eigenvalue weighted by Crippen LogP contribution is -2.34. The Kier molecular flexibility index (Phi) is 9.96. The average molecular weight is 628 g/mol. The standard InChI is InChI=1S/C27H28Cl2N2O7S2/c1-3-36-27(33)24-17(2)23(15-18-4-9-21-22(14-18)38-16-37-21)39-26(24)30-25(32)19-5-7-20(8-6-19)40(34,35)31(12-10-28)13-11-29/h4-9,14H,3,10-13,15-16H2,1-2H3,(H,30,32). The molecule has 1 aliphatic heterocycles. The highest BCUT2D eigenvalue weighted by Gasteiger charge is 2.26. The normalized spacial score (nSPS) is 12.5. The van der Waals surface area contributed by atoms with Gasteiger partial charge in [0.2, 0.25) is 16.8 Å². The number of alkyl halides is 2. The smallest absolute Gasteiger partial charge is 0.341 e. The van der Waals surface area contributed by atoms with Gasteiger partial charge in [-0.1, -0.05) is 6.07 Å². The Morgan fingerprint density at radius 2 is 1.73 bits per heavy atom. The fraction of sp³-hybridized carbons (Fsp3) is 0.333. The van der Waals surface area contributed by atoms with Gasteiger partial charge in [-0.25, -0.2) is 13.2 Å². The third kappa shape index (κ3) is 6.55. The van der Waals surface area contributed by atoms with E-state index in [1.807, 2.05) is 25.1 Å². The van der Waals surface area contributed by atoms with Gasteiger partial charge >= 0.3 is 5.97 Å². The molecule has 0 bridgehead atoms. The molecule has 0 spiro atoms. The van der Waals surface area contributed by atoms with Gasteiger partial charge in [0.1, 0.15) is 5.00 Å². The minimum atomic E-state index is -3.83. The molecular formula is C27H28Cl2N2O7S2. The number of esters is 1.